The molecule has 0 atom stereocenters. The van der Waals surface area contributed by atoms with Gasteiger partial charge in [0, 0.05) is 71.2 Å². The second-order valence-corrected chi connectivity index (χ2v) is 22.2. The lowest BCUT2D eigenvalue weighted by atomic mass is 9.95. The number of nitrogens with zero attached hydrogens (tertiary/aromatic N) is 6. The summed E-state index contributed by atoms with van der Waals surface area (Å²) in [7, 11) is 0. The summed E-state index contributed by atoms with van der Waals surface area (Å²) in [6.45, 7) is 8.84. The van der Waals surface area contributed by atoms with Crippen molar-refractivity contribution in [3.8, 4) is 39.6 Å². The fraction of sp³-hybridized carbons (Fsp3) is 0.0533. The molecule has 81 heavy (non-hydrogen) atoms. The van der Waals surface area contributed by atoms with Crippen LogP contribution >= 0.6 is 0 Å². The van der Waals surface area contributed by atoms with E-state index in [0.29, 0.717) is 0 Å². The quantitative estimate of drug-likeness (QED) is 0.164. The van der Waals surface area contributed by atoms with Crippen molar-refractivity contribution in [2.75, 3.05) is 0 Å². The van der Waals surface area contributed by atoms with Crippen LogP contribution in [0.1, 0.15) is 22.3 Å². The number of benzene rings is 11. The fourth-order valence-corrected chi connectivity index (χ4v) is 14.0. The lowest BCUT2D eigenvalue weighted by Crippen LogP contribution is -2.14. The first-order chi connectivity index (χ1) is 39.9. The summed E-state index contributed by atoms with van der Waals surface area (Å²) in [6, 6.07) is 86.7. The van der Waals surface area contributed by atoms with Crippen LogP contribution in [-0.4, -0.2) is 27.8 Å². The van der Waals surface area contributed by atoms with E-state index in [-0.39, 0.29) is 0 Å². The molecule has 11 aromatic carbocycles. The van der Waals surface area contributed by atoms with Crippen LogP contribution in [0, 0.1) is 27.7 Å². The molecule has 6 nitrogen and oxygen atoms in total. The second kappa shape index (κ2) is 17.0. The molecule has 6 heterocycles. The van der Waals surface area contributed by atoms with E-state index in [1.54, 1.807) is 0 Å². The van der Waals surface area contributed by atoms with Gasteiger partial charge in [0.1, 0.15) is 0 Å². The molecule has 17 rings (SSSR count). The molecule has 0 fully saturated rings. The van der Waals surface area contributed by atoms with E-state index in [9.17, 15) is 0 Å². The van der Waals surface area contributed by atoms with Gasteiger partial charge in [-0.15, -0.1) is 0 Å². The Morgan fingerprint density at radius 2 is 0.556 bits per heavy atom. The summed E-state index contributed by atoms with van der Waals surface area (Å²) < 4.78 is 12.8. The number of hydrogen-bond donors (Lipinski definition) is 0. The second-order valence-electron chi connectivity index (χ2n) is 22.2. The van der Waals surface area contributed by atoms with Crippen LogP contribution in [0.5, 0.6) is 0 Å². The zero-order valence-corrected chi connectivity index (χ0v) is 45.3. The maximum Gasteiger partial charge on any atom is 0.0805 e. The first-order valence-corrected chi connectivity index (χ1v) is 28.0. The molecular weight excluding hydrogens is 985 g/mol. The number of pyridine rings is 1. The molecule has 0 aliphatic rings. The van der Waals surface area contributed by atoms with Gasteiger partial charge in [-0.25, -0.2) is 0 Å². The summed E-state index contributed by atoms with van der Waals surface area (Å²) in [6.07, 6.45) is 3.96. The molecule has 0 amide bonds. The Bertz CT molecular complexity index is 5220. The Kier molecular flexibility index (Phi) is 9.59. The first kappa shape index (κ1) is 45.6. The van der Waals surface area contributed by atoms with E-state index < -0.39 is 0 Å². The fourth-order valence-electron chi connectivity index (χ4n) is 14.0. The molecular formula is C75H52N6. The first-order valence-electron chi connectivity index (χ1n) is 28.0. The van der Waals surface area contributed by atoms with Crippen LogP contribution < -0.4 is 0 Å². The van der Waals surface area contributed by atoms with Crippen LogP contribution in [0.15, 0.2) is 243 Å². The third-order valence-electron chi connectivity index (χ3n) is 17.4. The minimum atomic E-state index is 1.04. The van der Waals surface area contributed by atoms with Gasteiger partial charge in [0.15, 0.2) is 0 Å². The maximum atomic E-state index is 4.85. The largest absolute Gasteiger partial charge is 0.307 e. The van der Waals surface area contributed by atoms with Crippen molar-refractivity contribution in [3.05, 3.63) is 265 Å². The monoisotopic (exact) mass is 1040 g/mol. The molecule has 6 aromatic heterocycles. The summed E-state index contributed by atoms with van der Waals surface area (Å²) in [5.74, 6) is 0. The van der Waals surface area contributed by atoms with Gasteiger partial charge in [-0.2, -0.15) is 0 Å². The number of rotatable bonds is 6. The summed E-state index contributed by atoms with van der Waals surface area (Å²) in [5.41, 5.74) is 23.5. The highest BCUT2D eigenvalue weighted by molar-refractivity contribution is 6.17. The van der Waals surface area contributed by atoms with Gasteiger partial charge >= 0.3 is 0 Å². The Hall–Kier alpha value is -10.4. The molecule has 6 heteroatoms. The third kappa shape index (κ3) is 6.41. The third-order valence-corrected chi connectivity index (χ3v) is 17.4. The van der Waals surface area contributed by atoms with E-state index in [0.717, 1.165) is 100 Å². The van der Waals surface area contributed by atoms with Gasteiger partial charge in [-0.05, 0) is 125 Å². The van der Waals surface area contributed by atoms with E-state index >= 15 is 0 Å². The van der Waals surface area contributed by atoms with Crippen molar-refractivity contribution < 1.29 is 0 Å². The summed E-state index contributed by atoms with van der Waals surface area (Å²) in [4.78, 5) is 4.85. The van der Waals surface area contributed by atoms with Crippen molar-refractivity contribution in [2.45, 2.75) is 27.7 Å². The molecule has 382 valence electrons. The van der Waals surface area contributed by atoms with Crippen molar-refractivity contribution in [1.29, 1.82) is 0 Å². The Morgan fingerprint density at radius 1 is 0.247 bits per heavy atom. The number of aromatic nitrogens is 6. The van der Waals surface area contributed by atoms with Crippen LogP contribution in [0.4, 0.5) is 0 Å². The van der Waals surface area contributed by atoms with E-state index in [1.165, 1.54) is 70.7 Å². The number of para-hydroxylation sites is 6. The van der Waals surface area contributed by atoms with Crippen molar-refractivity contribution >= 4 is 109 Å². The molecule has 0 aliphatic carbocycles. The predicted octanol–water partition coefficient (Wildman–Crippen LogP) is 19.5. The van der Waals surface area contributed by atoms with Crippen molar-refractivity contribution in [3.63, 3.8) is 0 Å². The van der Waals surface area contributed by atoms with Crippen LogP contribution in [0.2, 0.25) is 0 Å². The van der Waals surface area contributed by atoms with Gasteiger partial charge in [0.25, 0.3) is 0 Å². The van der Waals surface area contributed by atoms with Crippen LogP contribution in [0.25, 0.3) is 149 Å². The Balaban J connectivity index is 1.21. The average molecular weight is 1040 g/mol. The van der Waals surface area contributed by atoms with E-state index in [1.807, 2.05) is 12.4 Å². The van der Waals surface area contributed by atoms with Gasteiger partial charge in [0.2, 0.25) is 0 Å². The molecule has 0 unspecified atom stereocenters. The highest BCUT2D eigenvalue weighted by atomic mass is 15.1. The summed E-state index contributed by atoms with van der Waals surface area (Å²) in [5, 5.41) is 12.0. The zero-order chi connectivity index (χ0) is 53.8. The smallest absolute Gasteiger partial charge is 0.0805 e. The van der Waals surface area contributed by atoms with Gasteiger partial charge < -0.3 is 22.8 Å². The minimum absolute atomic E-state index is 1.04. The number of aryl methyl sites for hydroxylation is 4. The minimum Gasteiger partial charge on any atom is -0.307 e. The topological polar surface area (TPSA) is 37.5 Å². The van der Waals surface area contributed by atoms with Crippen LogP contribution in [-0.2, 0) is 0 Å². The molecule has 0 radical (unpaired) electrons. The van der Waals surface area contributed by atoms with E-state index in [4.69, 9.17) is 4.98 Å². The highest BCUT2D eigenvalue weighted by Crippen LogP contribution is 2.52. The Labute approximate surface area is 466 Å². The van der Waals surface area contributed by atoms with Gasteiger partial charge in [-0.1, -0.05) is 156 Å². The number of hydrogen-bond acceptors (Lipinski definition) is 1. The highest BCUT2D eigenvalue weighted by Gasteiger charge is 2.33. The normalized spacial score (nSPS) is 12.2. The van der Waals surface area contributed by atoms with E-state index in [2.05, 4.69) is 281 Å². The Morgan fingerprint density at radius 3 is 0.975 bits per heavy atom. The SMILES string of the molecule is Cc1ccc2c(c1)c1ccccc1n2-c1cc(-n2c3ccccc3c3cc(C)ccc32)c(-n2c3ccccc3c3cc(C)ccc32)c(-c2ccccc2-n2c3ccccc3c3ccncc32)c1-n1c2ccccc2c2cc(C)ccc21. The lowest BCUT2D eigenvalue weighted by molar-refractivity contribution is 1.04. The molecule has 0 saturated carbocycles. The van der Waals surface area contributed by atoms with Gasteiger partial charge in [0.05, 0.1) is 89.8 Å². The molecule has 0 spiro atoms. The summed E-state index contributed by atoms with van der Waals surface area (Å²) >= 11 is 0. The van der Waals surface area contributed by atoms with Crippen molar-refractivity contribution in [1.82, 2.24) is 27.8 Å². The molecule has 0 aliphatic heterocycles. The molecule has 0 bridgehead atoms. The molecule has 17 aromatic rings. The molecule has 0 N–H and O–H groups in total. The van der Waals surface area contributed by atoms with Crippen molar-refractivity contribution in [2.24, 2.45) is 0 Å². The van der Waals surface area contributed by atoms with Crippen LogP contribution in [0.3, 0.4) is 0 Å². The number of fused-ring (bicyclic) bond motifs is 15. The predicted molar refractivity (Wildman–Crippen MR) is 340 cm³/mol. The molecule has 0 saturated heterocycles. The average Bonchev–Trinajstić information content (AvgIpc) is 3.03. The standard InChI is InChI=1S/C75H52N6/c1-45-29-33-66-56(39-45)50-18-6-12-24-61(50)77(66)70-43-71(78-62-25-13-7-19-51(62)57-40-46(2)30-34-67(57)78)75(81-64-27-15-9-21-53(64)59-42-48(4)32-36-69(59)81)73(74(70)80-63-26-14-8-20-52(63)58-41-47(3)31-35-68(58)80)55-22-10-16-28-65(55)79-60-23-11-5-17-49(60)54-37-38-76-44-72(54)79/h5-44H,1-4H3. The maximum absolute atomic E-state index is 4.85. The lowest BCUT2D eigenvalue weighted by Gasteiger charge is -2.29. The zero-order valence-electron chi connectivity index (χ0n) is 45.3. The van der Waals surface area contributed by atoms with Gasteiger partial charge in [-0.3, -0.25) is 4.98 Å².